The third-order valence-corrected chi connectivity index (χ3v) is 8.84. The zero-order valence-corrected chi connectivity index (χ0v) is 25.6. The number of aliphatic carboxylic acids is 1. The molecule has 2 fully saturated rings. The number of amides is 2. The zero-order valence-electron chi connectivity index (χ0n) is 24.0. The van der Waals surface area contributed by atoms with E-state index < -0.39 is 30.4 Å². The molecule has 2 amide bonds. The van der Waals surface area contributed by atoms with Crippen molar-refractivity contribution in [1.82, 2.24) is 20.1 Å². The summed E-state index contributed by atoms with van der Waals surface area (Å²) in [5, 5.41) is 14.8. The number of piperazine rings is 1. The van der Waals surface area contributed by atoms with Crippen LogP contribution in [-0.2, 0) is 14.3 Å². The Morgan fingerprint density at radius 1 is 1.20 bits per heavy atom. The number of anilines is 1. The maximum atomic E-state index is 14.0. The van der Waals surface area contributed by atoms with Gasteiger partial charge < -0.3 is 24.8 Å². The maximum absolute atomic E-state index is 14.0. The fourth-order valence-electron chi connectivity index (χ4n) is 5.71. The van der Waals surface area contributed by atoms with E-state index in [1.807, 2.05) is 10.3 Å². The van der Waals surface area contributed by atoms with E-state index in [1.54, 1.807) is 35.4 Å². The van der Waals surface area contributed by atoms with Crippen molar-refractivity contribution < 1.29 is 33.4 Å². The molecule has 6 rings (SSSR count). The van der Waals surface area contributed by atoms with Gasteiger partial charge >= 0.3 is 18.0 Å². The van der Waals surface area contributed by atoms with E-state index in [0.717, 1.165) is 0 Å². The molecular weight excluding hydrogens is 627 g/mol. The predicted octanol–water partition coefficient (Wildman–Crippen LogP) is 3.54. The van der Waals surface area contributed by atoms with Crippen LogP contribution in [0.15, 0.2) is 70.3 Å². The van der Waals surface area contributed by atoms with Gasteiger partial charge in [-0.25, -0.2) is 23.8 Å². The summed E-state index contributed by atoms with van der Waals surface area (Å²) in [6.07, 6.45) is 1.65. The van der Waals surface area contributed by atoms with Crippen molar-refractivity contribution >= 4 is 52.4 Å². The number of thiazole rings is 1. The van der Waals surface area contributed by atoms with Crippen molar-refractivity contribution in [2.75, 3.05) is 51.3 Å². The molecule has 3 aromatic rings. The number of hydrogen-bond acceptors (Lipinski definition) is 10. The first-order valence-electron chi connectivity index (χ1n) is 14.0. The molecule has 4 heterocycles. The Labute approximate surface area is 266 Å². The molecule has 3 aliphatic rings. The summed E-state index contributed by atoms with van der Waals surface area (Å²) >= 11 is 7.84. The van der Waals surface area contributed by atoms with Gasteiger partial charge in [-0.1, -0.05) is 23.7 Å². The number of halogens is 2. The third-order valence-electron chi connectivity index (χ3n) is 7.73. The molecule has 2 unspecified atom stereocenters. The van der Waals surface area contributed by atoms with Gasteiger partial charge in [0.1, 0.15) is 17.6 Å². The number of hydrogen-bond donors (Lipinski definition) is 2. The molecule has 3 aliphatic heterocycles. The van der Waals surface area contributed by atoms with Gasteiger partial charge in [-0.05, 0) is 24.3 Å². The number of nitrogens with zero attached hydrogens (tertiary/aromatic N) is 5. The molecule has 2 atom stereocenters. The highest BCUT2D eigenvalue weighted by Gasteiger charge is 2.42. The zero-order chi connectivity index (χ0) is 31.7. The van der Waals surface area contributed by atoms with Crippen molar-refractivity contribution in [1.29, 1.82) is 0 Å². The fourth-order valence-corrected chi connectivity index (χ4v) is 6.57. The average molecular weight is 655 g/mol. The van der Waals surface area contributed by atoms with Crippen molar-refractivity contribution in [3.8, 4) is 5.75 Å². The Morgan fingerprint density at radius 2 is 2.04 bits per heavy atom. The number of amidine groups is 1. The highest BCUT2D eigenvalue weighted by atomic mass is 35.5. The Balaban J connectivity index is 1.26. The number of esters is 1. The number of carboxylic acid groups (broad SMARTS) is 1. The molecule has 0 bridgehead atoms. The number of urea groups is 1. The monoisotopic (exact) mass is 654 g/mol. The molecule has 0 spiro atoms. The molecule has 12 nitrogen and oxygen atoms in total. The third kappa shape index (κ3) is 6.34. The minimum absolute atomic E-state index is 0.125. The summed E-state index contributed by atoms with van der Waals surface area (Å²) in [6.45, 7) is 1.74. The van der Waals surface area contributed by atoms with Gasteiger partial charge in [0, 0.05) is 72.3 Å². The lowest BCUT2D eigenvalue weighted by molar-refractivity contribution is -0.139. The molecule has 2 saturated heterocycles. The van der Waals surface area contributed by atoms with Crippen LogP contribution in [0, 0.1) is 5.82 Å². The highest BCUT2D eigenvalue weighted by Crippen LogP contribution is 2.37. The van der Waals surface area contributed by atoms with Gasteiger partial charge in [0.2, 0.25) is 0 Å². The number of aromatic nitrogens is 1. The largest absolute Gasteiger partial charge is 0.482 e. The summed E-state index contributed by atoms with van der Waals surface area (Å²) in [4.78, 5) is 52.3. The number of carbonyl (C=O) groups is 3. The number of fused-ring (bicyclic) bond motifs is 1. The molecule has 45 heavy (non-hydrogen) atoms. The van der Waals surface area contributed by atoms with Gasteiger partial charge in [-0.3, -0.25) is 14.8 Å². The van der Waals surface area contributed by atoms with Crippen LogP contribution in [0.2, 0.25) is 5.02 Å². The van der Waals surface area contributed by atoms with E-state index in [-0.39, 0.29) is 22.7 Å². The number of benzene rings is 2. The number of methoxy groups -OCH3 is 1. The number of rotatable bonds is 9. The Hall–Kier alpha value is -4.53. The van der Waals surface area contributed by atoms with Crippen LogP contribution >= 0.6 is 22.9 Å². The lowest BCUT2D eigenvalue weighted by atomic mass is 9.95. The molecule has 0 aliphatic carbocycles. The molecule has 2 aromatic carbocycles. The number of carboxylic acids is 1. The Morgan fingerprint density at radius 3 is 2.78 bits per heavy atom. The maximum Gasteiger partial charge on any atom is 0.341 e. The standard InChI is InChI=1S/C30H28ClFN6O6S/c1-43-29(41)25-23(34-27(28-33-7-10-45-28)35-26(25)21-6-5-17(32)11-22(21)31)15-36-8-9-37-19(13-36)14-38(30(37)42)18-3-2-4-20(12-18)44-16-24(39)40/h2-7,10-12,19,26H,8-9,13-16H2,1H3,(H,34,35)(H,39,40). The van der Waals surface area contributed by atoms with Gasteiger partial charge in [-0.2, -0.15) is 0 Å². The SMILES string of the molecule is COC(=O)C1=C(CN2CCN3C(=O)N(c4cccc(OCC(=O)O)c4)CC3C2)NC(c2nccs2)=NC1c1ccc(F)cc1Cl. The normalized spacial score (nSPS) is 20.1. The number of nitrogens with one attached hydrogen (secondary N) is 1. The molecule has 0 radical (unpaired) electrons. The van der Waals surface area contributed by atoms with Gasteiger partial charge in [0.05, 0.1) is 18.7 Å². The lowest BCUT2D eigenvalue weighted by Crippen LogP contribution is -2.53. The van der Waals surface area contributed by atoms with E-state index in [0.29, 0.717) is 66.3 Å². The van der Waals surface area contributed by atoms with Gasteiger partial charge in [0.25, 0.3) is 0 Å². The van der Waals surface area contributed by atoms with E-state index >= 15 is 0 Å². The molecule has 1 aromatic heterocycles. The number of aliphatic imine (C=N–C) groups is 1. The molecule has 2 N–H and O–H groups in total. The fraction of sp³-hybridized carbons (Fsp3) is 0.300. The summed E-state index contributed by atoms with van der Waals surface area (Å²) in [7, 11) is 1.29. The smallest absolute Gasteiger partial charge is 0.341 e. The predicted molar refractivity (Wildman–Crippen MR) is 164 cm³/mol. The van der Waals surface area contributed by atoms with Crippen LogP contribution < -0.4 is 15.0 Å². The number of carbonyl (C=O) groups excluding carboxylic acids is 2. The van der Waals surface area contributed by atoms with Crippen molar-refractivity contribution in [3.05, 3.63) is 86.7 Å². The van der Waals surface area contributed by atoms with Crippen LogP contribution in [0.4, 0.5) is 14.9 Å². The van der Waals surface area contributed by atoms with E-state index in [1.165, 1.54) is 36.6 Å². The quantitative estimate of drug-likeness (QED) is 0.332. The van der Waals surface area contributed by atoms with Gasteiger partial charge in [0.15, 0.2) is 17.5 Å². The Kier molecular flexibility index (Phi) is 8.70. The first-order valence-corrected chi connectivity index (χ1v) is 15.2. The first-order chi connectivity index (χ1) is 21.7. The van der Waals surface area contributed by atoms with Crippen LogP contribution in [0.5, 0.6) is 5.75 Å². The second kappa shape index (κ2) is 12.8. The van der Waals surface area contributed by atoms with Crippen LogP contribution in [0.3, 0.4) is 0 Å². The molecule has 234 valence electrons. The van der Waals surface area contributed by atoms with Gasteiger partial charge in [-0.15, -0.1) is 11.3 Å². The van der Waals surface area contributed by atoms with E-state index in [4.69, 9.17) is 31.2 Å². The molecule has 15 heteroatoms. The number of ether oxygens (including phenoxy) is 2. The topological polar surface area (TPSA) is 137 Å². The Bertz CT molecular complexity index is 1700. The first kappa shape index (κ1) is 30.5. The van der Waals surface area contributed by atoms with Crippen molar-refractivity contribution in [2.45, 2.75) is 12.1 Å². The minimum Gasteiger partial charge on any atom is -0.482 e. The lowest BCUT2D eigenvalue weighted by Gasteiger charge is -2.38. The summed E-state index contributed by atoms with van der Waals surface area (Å²) < 4.78 is 24.4. The molecular formula is C30H28ClFN6O6S. The average Bonchev–Trinajstić information content (AvgIpc) is 3.68. The minimum atomic E-state index is -1.09. The van der Waals surface area contributed by atoms with Crippen molar-refractivity contribution in [3.63, 3.8) is 0 Å². The van der Waals surface area contributed by atoms with Crippen molar-refractivity contribution in [2.24, 2.45) is 4.99 Å². The summed E-state index contributed by atoms with van der Waals surface area (Å²) in [5.74, 6) is -1.40. The van der Waals surface area contributed by atoms with Crippen LogP contribution in [0.25, 0.3) is 0 Å². The summed E-state index contributed by atoms with van der Waals surface area (Å²) in [6, 6.07) is 9.58. The van der Waals surface area contributed by atoms with E-state index in [2.05, 4.69) is 15.2 Å². The summed E-state index contributed by atoms with van der Waals surface area (Å²) in [5.41, 5.74) is 1.85. The van der Waals surface area contributed by atoms with Crippen LogP contribution in [-0.4, -0.2) is 96.2 Å². The molecule has 0 saturated carbocycles. The second-order valence-electron chi connectivity index (χ2n) is 10.5. The second-order valence-corrected chi connectivity index (χ2v) is 11.8. The van der Waals surface area contributed by atoms with Crippen LogP contribution in [0.1, 0.15) is 16.6 Å². The van der Waals surface area contributed by atoms with E-state index in [9.17, 15) is 18.8 Å². The highest BCUT2D eigenvalue weighted by molar-refractivity contribution is 7.11.